The minimum absolute atomic E-state index is 0. The predicted octanol–water partition coefficient (Wildman–Crippen LogP) is 6.08. The van der Waals surface area contributed by atoms with Crippen molar-refractivity contribution < 1.29 is 9.50 Å². The standard InChI is InChI=1S/C23H23FN2O2S.ClH/c1-4-26(5-2)13(3)15-7-6-14(12-17(15)24)20-19(27)9-8-18-21(20)16-10-11-29-22(16)23(28)25-18;/h6-13,27H,4-5H2,1-3H3,(H,25,28);1H. The molecule has 1 unspecified atom stereocenters. The second-order valence-corrected chi connectivity index (χ2v) is 8.05. The minimum atomic E-state index is -0.302. The molecule has 4 nitrogen and oxygen atoms in total. The van der Waals surface area contributed by atoms with Gasteiger partial charge in [0.1, 0.15) is 16.3 Å². The lowest BCUT2D eigenvalue weighted by Gasteiger charge is -2.27. The van der Waals surface area contributed by atoms with E-state index in [0.29, 0.717) is 26.9 Å². The molecule has 30 heavy (non-hydrogen) atoms. The van der Waals surface area contributed by atoms with Gasteiger partial charge in [-0.1, -0.05) is 26.0 Å². The zero-order valence-electron chi connectivity index (χ0n) is 17.0. The summed E-state index contributed by atoms with van der Waals surface area (Å²) in [7, 11) is 0. The average molecular weight is 447 g/mol. The Hall–Kier alpha value is -2.41. The second kappa shape index (κ2) is 8.76. The van der Waals surface area contributed by atoms with Crippen molar-refractivity contribution in [1.29, 1.82) is 0 Å². The highest BCUT2D eigenvalue weighted by molar-refractivity contribution is 7.17. The molecule has 2 N–H and O–H groups in total. The number of nitrogens with zero attached hydrogens (tertiary/aromatic N) is 1. The van der Waals surface area contributed by atoms with Gasteiger partial charge in [0.05, 0.1) is 0 Å². The Morgan fingerprint density at radius 1 is 1.17 bits per heavy atom. The van der Waals surface area contributed by atoms with E-state index in [2.05, 4.69) is 23.7 Å². The number of rotatable bonds is 5. The largest absolute Gasteiger partial charge is 0.507 e. The van der Waals surface area contributed by atoms with Crippen LogP contribution in [0.2, 0.25) is 0 Å². The molecular formula is C23H24ClFN2O2S. The van der Waals surface area contributed by atoms with Crippen molar-refractivity contribution >= 4 is 44.7 Å². The SMILES string of the molecule is CCN(CC)C(C)c1ccc(-c2c(O)ccc3[nH]c(=O)c4sccc4c23)cc1F.Cl. The van der Waals surface area contributed by atoms with E-state index in [1.165, 1.54) is 23.5 Å². The van der Waals surface area contributed by atoms with Gasteiger partial charge in [-0.3, -0.25) is 9.69 Å². The van der Waals surface area contributed by atoms with Crippen LogP contribution in [0.25, 0.3) is 32.1 Å². The van der Waals surface area contributed by atoms with E-state index in [0.717, 1.165) is 23.9 Å². The van der Waals surface area contributed by atoms with Crippen LogP contribution in [-0.2, 0) is 0 Å². The Morgan fingerprint density at radius 2 is 1.90 bits per heavy atom. The molecule has 2 aromatic carbocycles. The third-order valence-electron chi connectivity index (χ3n) is 5.67. The van der Waals surface area contributed by atoms with Gasteiger partial charge in [-0.2, -0.15) is 0 Å². The zero-order chi connectivity index (χ0) is 20.7. The molecule has 0 amide bonds. The number of aromatic amines is 1. The summed E-state index contributed by atoms with van der Waals surface area (Å²) in [6, 6.07) is 10.2. The van der Waals surface area contributed by atoms with Crippen LogP contribution in [-0.4, -0.2) is 28.1 Å². The highest BCUT2D eigenvalue weighted by Crippen LogP contribution is 2.40. The molecule has 2 aromatic heterocycles. The molecule has 4 aromatic rings. The molecule has 1 atom stereocenters. The number of aromatic nitrogens is 1. The highest BCUT2D eigenvalue weighted by atomic mass is 35.5. The molecule has 0 saturated heterocycles. The predicted molar refractivity (Wildman–Crippen MR) is 126 cm³/mol. The van der Waals surface area contributed by atoms with Gasteiger partial charge in [0.15, 0.2) is 0 Å². The zero-order valence-corrected chi connectivity index (χ0v) is 18.7. The van der Waals surface area contributed by atoms with Crippen molar-refractivity contribution in [2.75, 3.05) is 13.1 Å². The van der Waals surface area contributed by atoms with Gasteiger partial charge in [0, 0.05) is 33.5 Å². The number of phenols is 1. The van der Waals surface area contributed by atoms with Gasteiger partial charge in [-0.15, -0.1) is 23.7 Å². The van der Waals surface area contributed by atoms with E-state index in [1.54, 1.807) is 12.1 Å². The third-order valence-corrected chi connectivity index (χ3v) is 6.58. The maximum atomic E-state index is 15.1. The lowest BCUT2D eigenvalue weighted by molar-refractivity contribution is 0.230. The topological polar surface area (TPSA) is 56.3 Å². The molecule has 158 valence electrons. The first kappa shape index (κ1) is 22.3. The molecule has 0 aliphatic heterocycles. The van der Waals surface area contributed by atoms with E-state index in [4.69, 9.17) is 0 Å². The van der Waals surface area contributed by atoms with Crippen molar-refractivity contribution in [1.82, 2.24) is 9.88 Å². The Bertz CT molecular complexity index is 1260. The van der Waals surface area contributed by atoms with E-state index < -0.39 is 0 Å². The van der Waals surface area contributed by atoms with Crippen LogP contribution in [0.1, 0.15) is 32.4 Å². The van der Waals surface area contributed by atoms with Crippen molar-refractivity contribution in [2.45, 2.75) is 26.8 Å². The minimum Gasteiger partial charge on any atom is -0.507 e. The van der Waals surface area contributed by atoms with Gasteiger partial charge in [0.25, 0.3) is 5.56 Å². The summed E-state index contributed by atoms with van der Waals surface area (Å²) in [6.07, 6.45) is 0. The van der Waals surface area contributed by atoms with Gasteiger partial charge >= 0.3 is 0 Å². The third kappa shape index (κ3) is 3.60. The average Bonchev–Trinajstić information content (AvgIpc) is 3.20. The molecular weight excluding hydrogens is 423 g/mol. The number of aromatic hydroxyl groups is 1. The highest BCUT2D eigenvalue weighted by Gasteiger charge is 2.20. The number of phenolic OH excluding ortho intramolecular Hbond substituents is 1. The molecule has 0 aliphatic carbocycles. The number of thiophene rings is 1. The molecule has 0 fully saturated rings. The fourth-order valence-corrected chi connectivity index (χ4v) is 4.91. The van der Waals surface area contributed by atoms with E-state index in [-0.39, 0.29) is 35.6 Å². The summed E-state index contributed by atoms with van der Waals surface area (Å²) in [5, 5.41) is 14.0. The Labute approximate surface area is 184 Å². The number of nitrogens with one attached hydrogen (secondary N) is 1. The van der Waals surface area contributed by atoms with Crippen LogP contribution in [0, 0.1) is 5.82 Å². The number of benzene rings is 2. The van der Waals surface area contributed by atoms with E-state index >= 15 is 4.39 Å². The van der Waals surface area contributed by atoms with E-state index in [9.17, 15) is 9.90 Å². The monoisotopic (exact) mass is 446 g/mol. The summed E-state index contributed by atoms with van der Waals surface area (Å²) >= 11 is 1.35. The quantitative estimate of drug-likeness (QED) is 0.390. The van der Waals surface area contributed by atoms with Crippen LogP contribution >= 0.6 is 23.7 Å². The molecule has 7 heteroatoms. The first-order valence-electron chi connectivity index (χ1n) is 9.75. The van der Waals surface area contributed by atoms with Crippen LogP contribution in [0.3, 0.4) is 0 Å². The van der Waals surface area contributed by atoms with Gasteiger partial charge in [-0.25, -0.2) is 4.39 Å². The van der Waals surface area contributed by atoms with E-state index in [1.807, 2.05) is 24.4 Å². The lowest BCUT2D eigenvalue weighted by Crippen LogP contribution is -2.27. The number of hydrogen-bond acceptors (Lipinski definition) is 4. The van der Waals surface area contributed by atoms with Gasteiger partial charge in [-0.05, 0) is 55.2 Å². The fourth-order valence-electron chi connectivity index (χ4n) is 4.12. The maximum Gasteiger partial charge on any atom is 0.266 e. The normalized spacial score (nSPS) is 12.4. The van der Waals surface area contributed by atoms with Crippen LogP contribution < -0.4 is 5.56 Å². The molecule has 4 rings (SSSR count). The molecule has 0 radical (unpaired) electrons. The Morgan fingerprint density at radius 3 is 2.57 bits per heavy atom. The van der Waals surface area contributed by atoms with Crippen molar-refractivity contribution in [3.63, 3.8) is 0 Å². The first-order valence-corrected chi connectivity index (χ1v) is 10.6. The number of hydrogen-bond donors (Lipinski definition) is 2. The van der Waals surface area contributed by atoms with Gasteiger partial charge < -0.3 is 10.1 Å². The Balaban J connectivity index is 0.00000256. The molecule has 0 saturated carbocycles. The lowest BCUT2D eigenvalue weighted by atomic mass is 9.95. The van der Waals surface area contributed by atoms with Crippen LogP contribution in [0.15, 0.2) is 46.6 Å². The molecule has 0 aliphatic rings. The van der Waals surface area contributed by atoms with Crippen LogP contribution in [0.4, 0.5) is 4.39 Å². The van der Waals surface area contributed by atoms with Crippen molar-refractivity contribution in [3.8, 4) is 16.9 Å². The van der Waals surface area contributed by atoms with Gasteiger partial charge in [0.2, 0.25) is 0 Å². The first-order chi connectivity index (χ1) is 14.0. The summed E-state index contributed by atoms with van der Waals surface area (Å²) < 4.78 is 15.7. The maximum absolute atomic E-state index is 15.1. The number of H-pyrrole nitrogens is 1. The van der Waals surface area contributed by atoms with Crippen molar-refractivity contribution in [3.05, 3.63) is 63.5 Å². The molecule has 0 spiro atoms. The Kier molecular flexibility index (Phi) is 6.50. The summed E-state index contributed by atoms with van der Waals surface area (Å²) in [4.78, 5) is 17.4. The molecule has 0 bridgehead atoms. The van der Waals surface area contributed by atoms with Crippen LogP contribution in [0.5, 0.6) is 5.75 Å². The number of halogens is 2. The number of pyridine rings is 1. The summed E-state index contributed by atoms with van der Waals surface area (Å²) in [5.41, 5.74) is 2.21. The fraction of sp³-hybridized carbons (Fsp3) is 0.261. The number of fused-ring (bicyclic) bond motifs is 3. The summed E-state index contributed by atoms with van der Waals surface area (Å²) in [6.45, 7) is 7.81. The summed E-state index contributed by atoms with van der Waals surface area (Å²) in [5.74, 6) is -0.245. The smallest absolute Gasteiger partial charge is 0.266 e. The second-order valence-electron chi connectivity index (χ2n) is 7.13. The van der Waals surface area contributed by atoms with Crippen molar-refractivity contribution in [2.24, 2.45) is 0 Å². The molecule has 2 heterocycles.